The van der Waals surface area contributed by atoms with Gasteiger partial charge in [0.25, 0.3) is 0 Å². The summed E-state index contributed by atoms with van der Waals surface area (Å²) in [5.41, 5.74) is 8.62. The molecule has 1 fully saturated rings. The van der Waals surface area contributed by atoms with Gasteiger partial charge in [-0.15, -0.1) is 0 Å². The number of aromatic nitrogens is 2. The van der Waals surface area contributed by atoms with Gasteiger partial charge in [0, 0.05) is 58.1 Å². The molecule has 3 rings (SSSR count). The van der Waals surface area contributed by atoms with Crippen LogP contribution >= 0.6 is 0 Å². The Kier molecular flexibility index (Phi) is 4.87. The van der Waals surface area contributed by atoms with E-state index in [1.54, 1.807) is 0 Å². The van der Waals surface area contributed by atoms with Crippen molar-refractivity contribution in [2.45, 2.75) is 12.6 Å². The molecule has 0 spiro atoms. The molecule has 0 aliphatic carbocycles. The summed E-state index contributed by atoms with van der Waals surface area (Å²) in [5.74, 6) is 0. The van der Waals surface area contributed by atoms with Crippen LogP contribution in [-0.2, 0) is 13.6 Å². The quantitative estimate of drug-likeness (QED) is 0.902. The Labute approximate surface area is 132 Å². The largest absolute Gasteiger partial charge is 0.329 e. The molecule has 1 aromatic carbocycles. The van der Waals surface area contributed by atoms with Gasteiger partial charge < -0.3 is 5.73 Å². The van der Waals surface area contributed by atoms with Gasteiger partial charge in [-0.1, -0.05) is 30.3 Å². The SMILES string of the molecule is Cn1cc(C(CN)N2CCN(Cc3ccccc3)CC2)cn1. The third-order valence-corrected chi connectivity index (χ3v) is 4.43. The first kappa shape index (κ1) is 15.2. The zero-order chi connectivity index (χ0) is 15.4. The van der Waals surface area contributed by atoms with Crippen molar-refractivity contribution in [3.63, 3.8) is 0 Å². The summed E-state index contributed by atoms with van der Waals surface area (Å²) < 4.78 is 1.85. The predicted octanol–water partition coefficient (Wildman–Crippen LogP) is 1.24. The molecule has 0 radical (unpaired) electrons. The number of hydrogen-bond acceptors (Lipinski definition) is 4. The monoisotopic (exact) mass is 299 g/mol. The highest BCUT2D eigenvalue weighted by molar-refractivity contribution is 5.15. The maximum absolute atomic E-state index is 6.01. The first-order valence-electron chi connectivity index (χ1n) is 7.95. The predicted molar refractivity (Wildman–Crippen MR) is 88.3 cm³/mol. The van der Waals surface area contributed by atoms with Crippen LogP contribution in [0.4, 0.5) is 0 Å². The molecule has 2 aromatic rings. The van der Waals surface area contributed by atoms with E-state index in [1.165, 1.54) is 11.1 Å². The van der Waals surface area contributed by atoms with E-state index in [2.05, 4.69) is 51.4 Å². The Morgan fingerprint density at radius 2 is 1.86 bits per heavy atom. The summed E-state index contributed by atoms with van der Waals surface area (Å²) in [6.07, 6.45) is 4.02. The van der Waals surface area contributed by atoms with Crippen molar-refractivity contribution in [2.75, 3.05) is 32.7 Å². The van der Waals surface area contributed by atoms with Crippen molar-refractivity contribution in [3.8, 4) is 0 Å². The maximum atomic E-state index is 6.01. The number of piperazine rings is 1. The van der Waals surface area contributed by atoms with Crippen molar-refractivity contribution in [1.82, 2.24) is 19.6 Å². The maximum Gasteiger partial charge on any atom is 0.0538 e. The molecule has 1 unspecified atom stereocenters. The Morgan fingerprint density at radius 3 is 2.45 bits per heavy atom. The summed E-state index contributed by atoms with van der Waals surface area (Å²) in [5, 5.41) is 4.28. The molecule has 22 heavy (non-hydrogen) atoms. The van der Waals surface area contributed by atoms with Crippen LogP contribution in [0.1, 0.15) is 17.2 Å². The molecule has 2 N–H and O–H groups in total. The molecule has 2 heterocycles. The van der Waals surface area contributed by atoms with Crippen molar-refractivity contribution in [3.05, 3.63) is 53.9 Å². The Hall–Kier alpha value is -1.69. The summed E-state index contributed by atoms with van der Waals surface area (Å²) >= 11 is 0. The fraction of sp³-hybridized carbons (Fsp3) is 0.471. The highest BCUT2D eigenvalue weighted by Gasteiger charge is 2.24. The molecule has 1 aliphatic heterocycles. The van der Waals surface area contributed by atoms with E-state index in [-0.39, 0.29) is 6.04 Å². The minimum Gasteiger partial charge on any atom is -0.329 e. The minimum absolute atomic E-state index is 0.285. The molecule has 1 atom stereocenters. The van der Waals surface area contributed by atoms with Gasteiger partial charge in [0.05, 0.1) is 12.2 Å². The van der Waals surface area contributed by atoms with Gasteiger partial charge >= 0.3 is 0 Å². The molecule has 5 nitrogen and oxygen atoms in total. The molecule has 118 valence electrons. The van der Waals surface area contributed by atoms with Crippen LogP contribution in [-0.4, -0.2) is 52.3 Å². The zero-order valence-electron chi connectivity index (χ0n) is 13.2. The van der Waals surface area contributed by atoms with E-state index in [0.717, 1.165) is 32.7 Å². The van der Waals surface area contributed by atoms with E-state index in [9.17, 15) is 0 Å². The number of rotatable bonds is 5. The lowest BCUT2D eigenvalue weighted by molar-refractivity contribution is 0.0941. The highest BCUT2D eigenvalue weighted by Crippen LogP contribution is 2.21. The second kappa shape index (κ2) is 7.05. The fourth-order valence-electron chi connectivity index (χ4n) is 3.18. The van der Waals surface area contributed by atoms with E-state index < -0.39 is 0 Å². The molecular formula is C17H25N5. The number of nitrogens with zero attached hydrogens (tertiary/aromatic N) is 4. The van der Waals surface area contributed by atoms with Crippen molar-refractivity contribution < 1.29 is 0 Å². The van der Waals surface area contributed by atoms with E-state index in [1.807, 2.05) is 17.9 Å². The topological polar surface area (TPSA) is 50.3 Å². The molecule has 5 heteroatoms. The van der Waals surface area contributed by atoms with Gasteiger partial charge in [0.1, 0.15) is 0 Å². The summed E-state index contributed by atoms with van der Waals surface area (Å²) in [7, 11) is 1.95. The third kappa shape index (κ3) is 3.55. The smallest absolute Gasteiger partial charge is 0.0538 e. The van der Waals surface area contributed by atoms with Crippen LogP contribution in [0.2, 0.25) is 0 Å². The lowest BCUT2D eigenvalue weighted by Crippen LogP contribution is -2.48. The van der Waals surface area contributed by atoms with Crippen LogP contribution in [0, 0.1) is 0 Å². The van der Waals surface area contributed by atoms with Crippen LogP contribution in [0.3, 0.4) is 0 Å². The zero-order valence-corrected chi connectivity index (χ0v) is 13.2. The number of nitrogens with two attached hydrogens (primary N) is 1. The molecule has 0 amide bonds. The van der Waals surface area contributed by atoms with Gasteiger partial charge in [0.15, 0.2) is 0 Å². The Bertz CT molecular complexity index is 572. The van der Waals surface area contributed by atoms with E-state index in [4.69, 9.17) is 5.73 Å². The molecule has 1 aliphatic rings. The Morgan fingerprint density at radius 1 is 1.14 bits per heavy atom. The molecule has 1 aromatic heterocycles. The van der Waals surface area contributed by atoms with E-state index in [0.29, 0.717) is 6.54 Å². The summed E-state index contributed by atoms with van der Waals surface area (Å²) in [6.45, 7) is 5.98. The second-order valence-corrected chi connectivity index (χ2v) is 6.00. The fourth-order valence-corrected chi connectivity index (χ4v) is 3.18. The molecule has 0 saturated carbocycles. The van der Waals surface area contributed by atoms with Crippen molar-refractivity contribution in [1.29, 1.82) is 0 Å². The lowest BCUT2D eigenvalue weighted by Gasteiger charge is -2.38. The first-order chi connectivity index (χ1) is 10.8. The summed E-state index contributed by atoms with van der Waals surface area (Å²) in [4.78, 5) is 5.00. The number of hydrogen-bond donors (Lipinski definition) is 1. The van der Waals surface area contributed by atoms with Crippen LogP contribution in [0.25, 0.3) is 0 Å². The van der Waals surface area contributed by atoms with Gasteiger partial charge in [-0.25, -0.2) is 0 Å². The van der Waals surface area contributed by atoms with Crippen LogP contribution in [0.5, 0.6) is 0 Å². The van der Waals surface area contributed by atoms with E-state index >= 15 is 0 Å². The van der Waals surface area contributed by atoms with Crippen LogP contribution < -0.4 is 5.73 Å². The van der Waals surface area contributed by atoms with Gasteiger partial charge in [-0.3, -0.25) is 14.5 Å². The molecule has 1 saturated heterocycles. The van der Waals surface area contributed by atoms with Gasteiger partial charge in [-0.2, -0.15) is 5.10 Å². The average Bonchev–Trinajstić information content (AvgIpc) is 2.97. The van der Waals surface area contributed by atoms with Gasteiger partial charge in [-0.05, 0) is 5.56 Å². The van der Waals surface area contributed by atoms with Crippen molar-refractivity contribution in [2.24, 2.45) is 12.8 Å². The molecule has 0 bridgehead atoms. The third-order valence-electron chi connectivity index (χ3n) is 4.43. The van der Waals surface area contributed by atoms with Crippen LogP contribution in [0.15, 0.2) is 42.7 Å². The van der Waals surface area contributed by atoms with Crippen molar-refractivity contribution >= 4 is 0 Å². The normalized spacial score (nSPS) is 18.5. The summed E-state index contributed by atoms with van der Waals surface area (Å²) in [6, 6.07) is 11.0. The molecular weight excluding hydrogens is 274 g/mol. The average molecular weight is 299 g/mol. The second-order valence-electron chi connectivity index (χ2n) is 6.00. The first-order valence-corrected chi connectivity index (χ1v) is 7.95. The number of benzene rings is 1. The standard InChI is InChI=1S/C17H25N5/c1-20-14-16(12-19-20)17(11-18)22-9-7-21(8-10-22)13-15-5-3-2-4-6-15/h2-6,12,14,17H,7-11,13,18H2,1H3. The van der Waals surface area contributed by atoms with Gasteiger partial charge in [0.2, 0.25) is 0 Å². The lowest BCUT2D eigenvalue weighted by atomic mass is 10.1. The number of aryl methyl sites for hydroxylation is 1. The minimum atomic E-state index is 0.285. The Balaban J connectivity index is 1.56. The highest BCUT2D eigenvalue weighted by atomic mass is 15.3.